The summed E-state index contributed by atoms with van der Waals surface area (Å²) < 4.78 is 0. The van der Waals surface area contributed by atoms with Crippen molar-refractivity contribution in [3.8, 4) is 0 Å². The summed E-state index contributed by atoms with van der Waals surface area (Å²) in [5.41, 5.74) is 0.968. The van der Waals surface area contributed by atoms with Crippen LogP contribution in [0.5, 0.6) is 0 Å². The van der Waals surface area contributed by atoms with Gasteiger partial charge in [0.1, 0.15) is 0 Å². The number of thiazole rings is 1. The Bertz CT molecular complexity index is 405. The van der Waals surface area contributed by atoms with Crippen LogP contribution in [0.25, 0.3) is 0 Å². The molecule has 5 heteroatoms. The van der Waals surface area contributed by atoms with Gasteiger partial charge < -0.3 is 10.0 Å². The fourth-order valence-electron chi connectivity index (χ4n) is 2.56. The number of hydrogen-bond acceptors (Lipinski definition) is 5. The summed E-state index contributed by atoms with van der Waals surface area (Å²) in [6, 6.07) is 0.572. The van der Waals surface area contributed by atoms with Crippen molar-refractivity contribution in [3.63, 3.8) is 0 Å². The van der Waals surface area contributed by atoms with Crippen LogP contribution in [0, 0.1) is 6.92 Å². The van der Waals surface area contributed by atoms with E-state index in [-0.39, 0.29) is 0 Å². The molecule has 1 N–H and O–H groups in total. The Balaban J connectivity index is 2.11. The van der Waals surface area contributed by atoms with Gasteiger partial charge in [0.25, 0.3) is 0 Å². The third-order valence-corrected chi connectivity index (χ3v) is 5.03. The molecule has 2 rings (SSSR count). The van der Waals surface area contributed by atoms with Gasteiger partial charge in [-0.15, -0.1) is 0 Å². The van der Waals surface area contributed by atoms with Gasteiger partial charge >= 0.3 is 0 Å². The normalized spacial score (nSPS) is 23.4. The van der Waals surface area contributed by atoms with E-state index < -0.39 is 6.10 Å². The molecule has 0 bridgehead atoms. The molecule has 0 radical (unpaired) electrons. The van der Waals surface area contributed by atoms with Gasteiger partial charge in [0.05, 0.1) is 16.7 Å². The SMILES string of the molecule is CCN1CCN(c2nc(C)c(C(C)O)s2)CC1C. The van der Waals surface area contributed by atoms with E-state index in [0.29, 0.717) is 6.04 Å². The molecule has 1 aliphatic rings. The lowest BCUT2D eigenvalue weighted by Gasteiger charge is -2.39. The third-order valence-electron chi connectivity index (χ3n) is 3.64. The van der Waals surface area contributed by atoms with Gasteiger partial charge in [-0.25, -0.2) is 4.98 Å². The van der Waals surface area contributed by atoms with Crippen molar-refractivity contribution in [2.45, 2.75) is 39.8 Å². The van der Waals surface area contributed by atoms with Gasteiger partial charge in [-0.3, -0.25) is 4.90 Å². The second-order valence-corrected chi connectivity index (χ2v) is 6.05. The minimum Gasteiger partial charge on any atom is -0.388 e. The Hall–Kier alpha value is -0.650. The van der Waals surface area contributed by atoms with Crippen LogP contribution in [-0.4, -0.2) is 47.2 Å². The highest BCUT2D eigenvalue weighted by atomic mass is 32.1. The van der Waals surface area contributed by atoms with E-state index in [1.165, 1.54) is 0 Å². The van der Waals surface area contributed by atoms with Crippen LogP contribution >= 0.6 is 11.3 Å². The summed E-state index contributed by atoms with van der Waals surface area (Å²) in [5, 5.41) is 10.8. The Kier molecular flexibility index (Phi) is 4.25. The molecule has 1 fully saturated rings. The Morgan fingerprint density at radius 3 is 2.72 bits per heavy atom. The molecule has 0 saturated carbocycles. The zero-order valence-electron chi connectivity index (χ0n) is 11.7. The summed E-state index contributed by atoms with van der Waals surface area (Å²) in [6.45, 7) is 12.5. The zero-order valence-corrected chi connectivity index (χ0v) is 12.5. The second-order valence-electron chi connectivity index (χ2n) is 5.05. The van der Waals surface area contributed by atoms with Crippen molar-refractivity contribution in [1.29, 1.82) is 0 Å². The van der Waals surface area contributed by atoms with Crippen LogP contribution in [0.2, 0.25) is 0 Å². The molecular weight excluding hydrogens is 246 g/mol. The number of rotatable bonds is 3. The lowest BCUT2D eigenvalue weighted by atomic mass is 10.2. The van der Waals surface area contributed by atoms with E-state index in [0.717, 1.165) is 41.9 Å². The van der Waals surface area contributed by atoms with Crippen molar-refractivity contribution in [1.82, 2.24) is 9.88 Å². The number of anilines is 1. The lowest BCUT2D eigenvalue weighted by molar-refractivity contribution is 0.199. The highest BCUT2D eigenvalue weighted by Crippen LogP contribution is 2.31. The van der Waals surface area contributed by atoms with Gasteiger partial charge in [-0.05, 0) is 27.3 Å². The fourth-order valence-corrected chi connectivity index (χ4v) is 3.59. The average Bonchev–Trinajstić information content (AvgIpc) is 2.71. The Morgan fingerprint density at radius 1 is 1.50 bits per heavy atom. The predicted molar refractivity (Wildman–Crippen MR) is 76.4 cm³/mol. The van der Waals surface area contributed by atoms with Crippen molar-refractivity contribution in [2.75, 3.05) is 31.1 Å². The number of aliphatic hydroxyl groups is 1. The Labute approximate surface area is 113 Å². The summed E-state index contributed by atoms with van der Waals surface area (Å²) in [7, 11) is 0. The second kappa shape index (κ2) is 5.55. The van der Waals surface area contributed by atoms with Gasteiger partial charge in [-0.1, -0.05) is 18.3 Å². The summed E-state index contributed by atoms with van der Waals surface area (Å²) in [5.74, 6) is 0. The topological polar surface area (TPSA) is 39.6 Å². The first-order chi connectivity index (χ1) is 8.52. The molecule has 2 heterocycles. The van der Waals surface area contributed by atoms with Crippen molar-refractivity contribution >= 4 is 16.5 Å². The molecule has 1 saturated heterocycles. The number of aliphatic hydroxyl groups excluding tert-OH is 1. The van der Waals surface area contributed by atoms with Gasteiger partial charge in [0.2, 0.25) is 0 Å². The van der Waals surface area contributed by atoms with E-state index in [4.69, 9.17) is 0 Å². The zero-order chi connectivity index (χ0) is 13.3. The van der Waals surface area contributed by atoms with E-state index in [2.05, 4.69) is 28.6 Å². The first kappa shape index (κ1) is 13.8. The molecule has 1 aromatic heterocycles. The predicted octanol–water partition coefficient (Wildman–Crippen LogP) is 2.04. The number of piperazine rings is 1. The molecule has 1 aromatic rings. The Morgan fingerprint density at radius 2 is 2.22 bits per heavy atom. The van der Waals surface area contributed by atoms with Gasteiger partial charge in [-0.2, -0.15) is 0 Å². The summed E-state index contributed by atoms with van der Waals surface area (Å²) in [4.78, 5) is 10.4. The van der Waals surface area contributed by atoms with Crippen molar-refractivity contribution < 1.29 is 5.11 Å². The van der Waals surface area contributed by atoms with Crippen LogP contribution in [0.4, 0.5) is 5.13 Å². The molecule has 2 unspecified atom stereocenters. The largest absolute Gasteiger partial charge is 0.388 e. The monoisotopic (exact) mass is 269 g/mol. The maximum atomic E-state index is 9.69. The minimum absolute atomic E-state index is 0.411. The fraction of sp³-hybridized carbons (Fsp3) is 0.769. The van der Waals surface area contributed by atoms with Crippen LogP contribution in [-0.2, 0) is 0 Å². The third kappa shape index (κ3) is 2.68. The molecule has 0 aliphatic carbocycles. The van der Waals surface area contributed by atoms with E-state index in [1.807, 2.05) is 13.8 Å². The average molecular weight is 269 g/mol. The smallest absolute Gasteiger partial charge is 0.185 e. The molecule has 0 spiro atoms. The summed E-state index contributed by atoms with van der Waals surface area (Å²) >= 11 is 1.63. The molecule has 0 amide bonds. The number of aryl methyl sites for hydroxylation is 1. The van der Waals surface area contributed by atoms with Crippen LogP contribution < -0.4 is 4.90 Å². The highest BCUT2D eigenvalue weighted by Gasteiger charge is 2.25. The highest BCUT2D eigenvalue weighted by molar-refractivity contribution is 7.15. The van der Waals surface area contributed by atoms with Gasteiger partial charge in [0, 0.05) is 25.7 Å². The first-order valence-electron chi connectivity index (χ1n) is 6.67. The number of likely N-dealkylation sites (N-methyl/N-ethyl adjacent to an activating group) is 1. The number of hydrogen-bond donors (Lipinski definition) is 1. The van der Waals surface area contributed by atoms with Crippen LogP contribution in [0.15, 0.2) is 0 Å². The van der Waals surface area contributed by atoms with Crippen molar-refractivity contribution in [3.05, 3.63) is 10.6 Å². The molecular formula is C13H23N3OS. The van der Waals surface area contributed by atoms with Crippen LogP contribution in [0.1, 0.15) is 37.4 Å². The molecule has 2 atom stereocenters. The molecule has 0 aromatic carbocycles. The van der Waals surface area contributed by atoms with Crippen LogP contribution in [0.3, 0.4) is 0 Å². The number of aromatic nitrogens is 1. The summed E-state index contributed by atoms with van der Waals surface area (Å²) in [6.07, 6.45) is -0.411. The maximum absolute atomic E-state index is 9.69. The molecule has 1 aliphatic heterocycles. The quantitative estimate of drug-likeness (QED) is 0.911. The van der Waals surface area contributed by atoms with Gasteiger partial charge in [0.15, 0.2) is 5.13 Å². The first-order valence-corrected chi connectivity index (χ1v) is 7.49. The lowest BCUT2D eigenvalue weighted by Crippen LogP contribution is -2.51. The maximum Gasteiger partial charge on any atom is 0.185 e. The molecule has 102 valence electrons. The minimum atomic E-state index is -0.411. The standard InChI is InChI=1S/C13H23N3OS/c1-5-15-6-7-16(8-9(15)2)13-14-10(3)12(18-13)11(4)17/h9,11,17H,5-8H2,1-4H3. The molecule has 4 nitrogen and oxygen atoms in total. The van der Waals surface area contributed by atoms with Crippen molar-refractivity contribution in [2.24, 2.45) is 0 Å². The van der Waals surface area contributed by atoms with E-state index >= 15 is 0 Å². The number of nitrogens with zero attached hydrogens (tertiary/aromatic N) is 3. The van der Waals surface area contributed by atoms with E-state index in [1.54, 1.807) is 11.3 Å². The molecule has 18 heavy (non-hydrogen) atoms. The van der Waals surface area contributed by atoms with E-state index in [9.17, 15) is 5.11 Å².